The quantitative estimate of drug-likeness (QED) is 0.812. The number of anilines is 1. The molecule has 3 rings (SSSR count). The fourth-order valence-electron chi connectivity index (χ4n) is 3.03. The molecular formula is C19H23ClN2O2. The SMILES string of the molecule is Cl.Nc1ccc2c(c1)CCCC2NC(=O)CCOc1ccccc1. The molecule has 0 saturated carbocycles. The van der Waals surface area contributed by atoms with E-state index in [0.717, 1.165) is 30.7 Å². The third-order valence-corrected chi connectivity index (χ3v) is 4.16. The summed E-state index contributed by atoms with van der Waals surface area (Å²) in [5.74, 6) is 0.814. The van der Waals surface area contributed by atoms with Crippen LogP contribution in [-0.2, 0) is 11.2 Å². The Labute approximate surface area is 148 Å². The molecule has 0 aliphatic heterocycles. The predicted octanol–water partition coefficient (Wildman–Crippen LogP) is 3.65. The molecule has 1 amide bonds. The van der Waals surface area contributed by atoms with Gasteiger partial charge in [-0.1, -0.05) is 24.3 Å². The van der Waals surface area contributed by atoms with Crippen LogP contribution in [0, 0.1) is 0 Å². The van der Waals surface area contributed by atoms with Gasteiger partial charge in [0, 0.05) is 5.69 Å². The number of carbonyl (C=O) groups excluding carboxylic acids is 1. The predicted molar refractivity (Wildman–Crippen MR) is 98.5 cm³/mol. The van der Waals surface area contributed by atoms with E-state index >= 15 is 0 Å². The van der Waals surface area contributed by atoms with E-state index in [4.69, 9.17) is 10.5 Å². The number of fused-ring (bicyclic) bond motifs is 1. The Bertz CT molecular complexity index is 676. The molecule has 0 bridgehead atoms. The van der Waals surface area contributed by atoms with Gasteiger partial charge in [0.15, 0.2) is 0 Å². The molecule has 1 aliphatic carbocycles. The zero-order valence-corrected chi connectivity index (χ0v) is 14.4. The van der Waals surface area contributed by atoms with Crippen LogP contribution >= 0.6 is 12.4 Å². The molecule has 0 heterocycles. The van der Waals surface area contributed by atoms with Gasteiger partial charge in [0.2, 0.25) is 5.91 Å². The zero-order valence-electron chi connectivity index (χ0n) is 13.5. The van der Waals surface area contributed by atoms with Crippen molar-refractivity contribution in [1.29, 1.82) is 0 Å². The Morgan fingerprint density at radius 3 is 2.79 bits per heavy atom. The fourth-order valence-corrected chi connectivity index (χ4v) is 3.03. The van der Waals surface area contributed by atoms with E-state index in [1.54, 1.807) is 0 Å². The Morgan fingerprint density at radius 2 is 2.00 bits per heavy atom. The minimum atomic E-state index is 0. The summed E-state index contributed by atoms with van der Waals surface area (Å²) < 4.78 is 5.57. The van der Waals surface area contributed by atoms with Gasteiger partial charge < -0.3 is 15.8 Å². The van der Waals surface area contributed by atoms with Gasteiger partial charge in [-0.15, -0.1) is 12.4 Å². The number of carbonyl (C=O) groups is 1. The molecule has 0 fully saturated rings. The van der Waals surface area contributed by atoms with Crippen molar-refractivity contribution in [3.8, 4) is 5.75 Å². The first kappa shape index (κ1) is 18.1. The number of hydrogen-bond acceptors (Lipinski definition) is 3. The number of nitrogen functional groups attached to an aromatic ring is 1. The first-order chi connectivity index (χ1) is 11.2. The van der Waals surface area contributed by atoms with Crippen molar-refractivity contribution in [2.24, 2.45) is 0 Å². The van der Waals surface area contributed by atoms with Crippen LogP contribution in [-0.4, -0.2) is 12.5 Å². The van der Waals surface area contributed by atoms with Crippen LogP contribution < -0.4 is 15.8 Å². The van der Waals surface area contributed by atoms with Crippen molar-refractivity contribution >= 4 is 24.0 Å². The second kappa shape index (κ2) is 8.60. The van der Waals surface area contributed by atoms with Crippen LogP contribution in [0.2, 0.25) is 0 Å². The Kier molecular flexibility index (Phi) is 6.50. The molecule has 1 aliphatic rings. The third kappa shape index (κ3) is 4.65. The number of halogens is 1. The lowest BCUT2D eigenvalue weighted by atomic mass is 9.87. The van der Waals surface area contributed by atoms with Gasteiger partial charge in [0.1, 0.15) is 5.75 Å². The molecular weight excluding hydrogens is 324 g/mol. The molecule has 2 aromatic rings. The summed E-state index contributed by atoms with van der Waals surface area (Å²) in [6.45, 7) is 0.386. The molecule has 0 saturated heterocycles. The average Bonchev–Trinajstić information content (AvgIpc) is 2.56. The highest BCUT2D eigenvalue weighted by Gasteiger charge is 2.21. The number of nitrogens with one attached hydrogen (secondary N) is 1. The maximum absolute atomic E-state index is 12.2. The normalized spacial score (nSPS) is 15.8. The van der Waals surface area contributed by atoms with Gasteiger partial charge in [-0.2, -0.15) is 0 Å². The van der Waals surface area contributed by atoms with Gasteiger partial charge in [-0.05, 0) is 54.7 Å². The van der Waals surface area contributed by atoms with Gasteiger partial charge in [0.25, 0.3) is 0 Å². The van der Waals surface area contributed by atoms with Crippen molar-refractivity contribution in [3.63, 3.8) is 0 Å². The summed E-state index contributed by atoms with van der Waals surface area (Å²) >= 11 is 0. The molecule has 4 nitrogen and oxygen atoms in total. The fraction of sp³-hybridized carbons (Fsp3) is 0.316. The highest BCUT2D eigenvalue weighted by Crippen LogP contribution is 2.30. The monoisotopic (exact) mass is 346 g/mol. The molecule has 0 aromatic heterocycles. The summed E-state index contributed by atoms with van der Waals surface area (Å²) in [5.41, 5.74) is 9.08. The van der Waals surface area contributed by atoms with Crippen molar-refractivity contribution in [2.75, 3.05) is 12.3 Å². The van der Waals surface area contributed by atoms with E-state index in [1.807, 2.05) is 48.5 Å². The van der Waals surface area contributed by atoms with Crippen LogP contribution in [0.1, 0.15) is 36.4 Å². The minimum Gasteiger partial charge on any atom is -0.493 e. The summed E-state index contributed by atoms with van der Waals surface area (Å²) in [5, 5.41) is 3.12. The maximum atomic E-state index is 12.2. The second-order valence-corrected chi connectivity index (χ2v) is 5.88. The molecule has 1 atom stereocenters. The van der Waals surface area contributed by atoms with Gasteiger partial charge >= 0.3 is 0 Å². The van der Waals surface area contributed by atoms with Crippen LogP contribution in [0.15, 0.2) is 48.5 Å². The number of aryl methyl sites for hydroxylation is 1. The van der Waals surface area contributed by atoms with Crippen LogP contribution in [0.25, 0.3) is 0 Å². The third-order valence-electron chi connectivity index (χ3n) is 4.16. The van der Waals surface area contributed by atoms with Crippen LogP contribution in [0.4, 0.5) is 5.69 Å². The largest absolute Gasteiger partial charge is 0.493 e. The van der Waals surface area contributed by atoms with Crippen molar-refractivity contribution in [3.05, 3.63) is 59.7 Å². The smallest absolute Gasteiger partial charge is 0.223 e. The molecule has 2 aromatic carbocycles. The van der Waals surface area contributed by atoms with Crippen molar-refractivity contribution in [1.82, 2.24) is 5.32 Å². The lowest BCUT2D eigenvalue weighted by Crippen LogP contribution is -2.31. The lowest BCUT2D eigenvalue weighted by Gasteiger charge is -2.26. The van der Waals surface area contributed by atoms with E-state index in [-0.39, 0.29) is 24.4 Å². The molecule has 5 heteroatoms. The summed E-state index contributed by atoms with van der Waals surface area (Å²) in [6.07, 6.45) is 3.43. The maximum Gasteiger partial charge on any atom is 0.223 e. The van der Waals surface area contributed by atoms with E-state index in [2.05, 4.69) is 5.32 Å². The van der Waals surface area contributed by atoms with E-state index < -0.39 is 0 Å². The summed E-state index contributed by atoms with van der Waals surface area (Å²) in [4.78, 5) is 12.2. The minimum absolute atomic E-state index is 0. The number of benzene rings is 2. The Balaban J connectivity index is 0.00000208. The molecule has 128 valence electrons. The molecule has 0 radical (unpaired) electrons. The number of para-hydroxylation sites is 1. The number of amides is 1. The average molecular weight is 347 g/mol. The van der Waals surface area contributed by atoms with Crippen LogP contribution in [0.5, 0.6) is 5.75 Å². The number of rotatable bonds is 5. The van der Waals surface area contributed by atoms with Gasteiger partial charge in [0.05, 0.1) is 19.1 Å². The molecule has 0 spiro atoms. The molecule has 3 N–H and O–H groups in total. The molecule has 24 heavy (non-hydrogen) atoms. The summed E-state index contributed by atoms with van der Waals surface area (Å²) in [6, 6.07) is 15.6. The van der Waals surface area contributed by atoms with Gasteiger partial charge in [-0.25, -0.2) is 0 Å². The highest BCUT2D eigenvalue weighted by atomic mass is 35.5. The topological polar surface area (TPSA) is 64.3 Å². The standard InChI is InChI=1S/C19H22N2O2.ClH/c20-15-9-10-17-14(13-15)5-4-8-18(17)21-19(22)11-12-23-16-6-2-1-3-7-16;/h1-3,6-7,9-10,13,18H,4-5,8,11-12,20H2,(H,21,22);1H. The highest BCUT2D eigenvalue weighted by molar-refractivity contribution is 5.85. The van der Waals surface area contributed by atoms with Gasteiger partial charge in [-0.3, -0.25) is 4.79 Å². The summed E-state index contributed by atoms with van der Waals surface area (Å²) in [7, 11) is 0. The molecule has 1 unspecified atom stereocenters. The number of ether oxygens (including phenoxy) is 1. The zero-order chi connectivity index (χ0) is 16.1. The van der Waals surface area contributed by atoms with Crippen molar-refractivity contribution in [2.45, 2.75) is 31.7 Å². The number of nitrogens with two attached hydrogens (primary N) is 1. The lowest BCUT2D eigenvalue weighted by molar-refractivity contribution is -0.122. The van der Waals surface area contributed by atoms with Crippen LogP contribution in [0.3, 0.4) is 0 Å². The second-order valence-electron chi connectivity index (χ2n) is 5.88. The Hall–Kier alpha value is -2.20. The Morgan fingerprint density at radius 1 is 1.21 bits per heavy atom. The van der Waals surface area contributed by atoms with E-state index in [1.165, 1.54) is 11.1 Å². The van der Waals surface area contributed by atoms with Crippen molar-refractivity contribution < 1.29 is 9.53 Å². The van der Waals surface area contributed by atoms with E-state index in [9.17, 15) is 4.79 Å². The first-order valence-electron chi connectivity index (χ1n) is 8.08. The first-order valence-corrected chi connectivity index (χ1v) is 8.08. The van der Waals surface area contributed by atoms with E-state index in [0.29, 0.717) is 13.0 Å². The number of hydrogen-bond donors (Lipinski definition) is 2.